The molecule has 2 rings (SSSR count). The van der Waals surface area contributed by atoms with E-state index in [0.717, 1.165) is 35.2 Å². The Bertz CT molecular complexity index is 407. The van der Waals surface area contributed by atoms with E-state index in [2.05, 4.69) is 39.7 Å². The molecule has 0 atom stereocenters. The van der Waals surface area contributed by atoms with Crippen LogP contribution in [0.2, 0.25) is 0 Å². The van der Waals surface area contributed by atoms with Gasteiger partial charge in [-0.25, -0.2) is 4.98 Å². The van der Waals surface area contributed by atoms with Gasteiger partial charge in [-0.2, -0.15) is 0 Å². The summed E-state index contributed by atoms with van der Waals surface area (Å²) in [5, 5.41) is 16.6. The van der Waals surface area contributed by atoms with Gasteiger partial charge >= 0.3 is 0 Å². The van der Waals surface area contributed by atoms with Crippen molar-refractivity contribution in [1.29, 1.82) is 0 Å². The Morgan fingerprint density at radius 2 is 2.00 bits per heavy atom. The fourth-order valence-corrected chi connectivity index (χ4v) is 2.65. The molecule has 0 spiro atoms. The average Bonchev–Trinajstić information content (AvgIpc) is 2.95. The molecule has 1 N–H and O–H groups in total. The lowest BCUT2D eigenvalue weighted by Gasteiger charge is -1.97. The second kappa shape index (κ2) is 5.36. The highest BCUT2D eigenvalue weighted by molar-refractivity contribution is 7.15. The summed E-state index contributed by atoms with van der Waals surface area (Å²) in [7, 11) is 0. The molecule has 0 aliphatic carbocycles. The average molecular weight is 254 g/mol. The van der Waals surface area contributed by atoms with Crippen molar-refractivity contribution in [3.63, 3.8) is 0 Å². The standard InChI is InChI=1S/C10H14N4S2/c1-3-8-12-7(6-15-8)5-11-10-14-13-9(4-2)16-10/h6H,3-5H2,1-2H3,(H,11,14). The molecule has 6 heteroatoms. The number of hydrogen-bond acceptors (Lipinski definition) is 6. The first-order chi connectivity index (χ1) is 7.81. The number of thiazole rings is 1. The van der Waals surface area contributed by atoms with Crippen LogP contribution in [-0.4, -0.2) is 15.2 Å². The Hall–Kier alpha value is -1.01. The van der Waals surface area contributed by atoms with E-state index in [0.29, 0.717) is 0 Å². The van der Waals surface area contributed by atoms with E-state index in [1.807, 2.05) is 0 Å². The number of aromatic nitrogens is 3. The van der Waals surface area contributed by atoms with Gasteiger partial charge in [0.1, 0.15) is 5.01 Å². The van der Waals surface area contributed by atoms with Crippen LogP contribution in [0.1, 0.15) is 29.6 Å². The fourth-order valence-electron chi connectivity index (χ4n) is 1.23. The molecule has 0 bridgehead atoms. The van der Waals surface area contributed by atoms with Crippen molar-refractivity contribution in [2.45, 2.75) is 33.2 Å². The predicted molar refractivity (Wildman–Crippen MR) is 68.1 cm³/mol. The lowest BCUT2D eigenvalue weighted by molar-refractivity contribution is 0.964. The van der Waals surface area contributed by atoms with Crippen molar-refractivity contribution in [3.05, 3.63) is 21.1 Å². The normalized spacial score (nSPS) is 10.6. The highest BCUT2D eigenvalue weighted by Crippen LogP contribution is 2.17. The molecule has 0 aliphatic rings. The zero-order valence-corrected chi connectivity index (χ0v) is 11.0. The molecule has 16 heavy (non-hydrogen) atoms. The molecule has 0 aliphatic heterocycles. The summed E-state index contributed by atoms with van der Waals surface area (Å²) in [6, 6.07) is 0. The Labute approximate surface area is 103 Å². The summed E-state index contributed by atoms with van der Waals surface area (Å²) in [5.41, 5.74) is 1.08. The minimum atomic E-state index is 0.731. The Balaban J connectivity index is 1.91. The highest BCUT2D eigenvalue weighted by atomic mass is 32.1. The number of aryl methyl sites for hydroxylation is 2. The maximum Gasteiger partial charge on any atom is 0.205 e. The molecule has 2 aromatic heterocycles. The van der Waals surface area contributed by atoms with Gasteiger partial charge in [-0.15, -0.1) is 21.5 Å². The summed E-state index contributed by atoms with van der Waals surface area (Å²) in [5.74, 6) is 0. The number of rotatable bonds is 5. The van der Waals surface area contributed by atoms with Gasteiger partial charge in [-0.05, 0) is 12.8 Å². The SMILES string of the molecule is CCc1nc(CNc2nnc(CC)s2)cs1. The first-order valence-electron chi connectivity index (χ1n) is 5.31. The van der Waals surface area contributed by atoms with Gasteiger partial charge in [0.25, 0.3) is 0 Å². The van der Waals surface area contributed by atoms with Gasteiger partial charge < -0.3 is 5.32 Å². The molecule has 2 heterocycles. The number of hydrogen-bond donors (Lipinski definition) is 1. The van der Waals surface area contributed by atoms with Gasteiger partial charge in [0.2, 0.25) is 5.13 Å². The molecular formula is C10H14N4S2. The van der Waals surface area contributed by atoms with Crippen LogP contribution >= 0.6 is 22.7 Å². The van der Waals surface area contributed by atoms with E-state index in [4.69, 9.17) is 0 Å². The number of nitrogens with one attached hydrogen (secondary N) is 1. The van der Waals surface area contributed by atoms with E-state index in [1.54, 1.807) is 22.7 Å². The third kappa shape index (κ3) is 2.76. The number of nitrogens with zero attached hydrogens (tertiary/aromatic N) is 3. The number of anilines is 1. The third-order valence-electron chi connectivity index (χ3n) is 2.09. The van der Waals surface area contributed by atoms with Crippen LogP contribution in [-0.2, 0) is 19.4 Å². The van der Waals surface area contributed by atoms with Crippen LogP contribution in [0.5, 0.6) is 0 Å². The Morgan fingerprint density at radius 1 is 1.19 bits per heavy atom. The summed E-state index contributed by atoms with van der Waals surface area (Å²) < 4.78 is 0. The Kier molecular flexibility index (Phi) is 3.84. The second-order valence-electron chi connectivity index (χ2n) is 3.29. The lowest BCUT2D eigenvalue weighted by atomic mass is 10.4. The molecule has 0 fully saturated rings. The minimum absolute atomic E-state index is 0.731. The van der Waals surface area contributed by atoms with Crippen molar-refractivity contribution in [2.75, 3.05) is 5.32 Å². The summed E-state index contributed by atoms with van der Waals surface area (Å²) in [4.78, 5) is 4.48. The van der Waals surface area contributed by atoms with E-state index in [1.165, 1.54) is 5.01 Å². The molecule has 0 radical (unpaired) electrons. The molecule has 86 valence electrons. The van der Waals surface area contributed by atoms with Crippen LogP contribution in [0, 0.1) is 0 Å². The molecule has 0 aromatic carbocycles. The van der Waals surface area contributed by atoms with Crippen LogP contribution in [0.4, 0.5) is 5.13 Å². The van der Waals surface area contributed by atoms with Gasteiger partial charge in [0, 0.05) is 5.38 Å². The Morgan fingerprint density at radius 3 is 2.62 bits per heavy atom. The second-order valence-corrected chi connectivity index (χ2v) is 5.30. The smallest absolute Gasteiger partial charge is 0.205 e. The van der Waals surface area contributed by atoms with Crippen LogP contribution in [0.25, 0.3) is 0 Å². The molecular weight excluding hydrogens is 240 g/mol. The van der Waals surface area contributed by atoms with Crippen molar-refractivity contribution >= 4 is 27.8 Å². The maximum atomic E-state index is 4.48. The zero-order valence-electron chi connectivity index (χ0n) is 9.36. The van der Waals surface area contributed by atoms with Gasteiger partial charge in [0.15, 0.2) is 0 Å². The monoisotopic (exact) mass is 254 g/mol. The van der Waals surface area contributed by atoms with Gasteiger partial charge in [-0.1, -0.05) is 25.2 Å². The quantitative estimate of drug-likeness (QED) is 0.891. The van der Waals surface area contributed by atoms with Crippen molar-refractivity contribution in [3.8, 4) is 0 Å². The lowest BCUT2D eigenvalue weighted by Crippen LogP contribution is -1.99. The van der Waals surface area contributed by atoms with Crippen molar-refractivity contribution < 1.29 is 0 Å². The van der Waals surface area contributed by atoms with Crippen LogP contribution in [0.15, 0.2) is 5.38 Å². The molecule has 4 nitrogen and oxygen atoms in total. The fraction of sp³-hybridized carbons (Fsp3) is 0.500. The minimum Gasteiger partial charge on any atom is -0.354 e. The highest BCUT2D eigenvalue weighted by Gasteiger charge is 2.03. The van der Waals surface area contributed by atoms with E-state index < -0.39 is 0 Å². The summed E-state index contributed by atoms with van der Waals surface area (Å²) in [6.45, 7) is 4.93. The molecule has 0 saturated carbocycles. The molecule has 0 amide bonds. The van der Waals surface area contributed by atoms with Crippen LogP contribution < -0.4 is 5.32 Å². The largest absolute Gasteiger partial charge is 0.354 e. The van der Waals surface area contributed by atoms with E-state index in [9.17, 15) is 0 Å². The molecule has 0 unspecified atom stereocenters. The maximum absolute atomic E-state index is 4.48. The van der Waals surface area contributed by atoms with Crippen LogP contribution in [0.3, 0.4) is 0 Å². The van der Waals surface area contributed by atoms with Crippen molar-refractivity contribution in [1.82, 2.24) is 15.2 Å². The van der Waals surface area contributed by atoms with E-state index in [-0.39, 0.29) is 0 Å². The molecule has 2 aromatic rings. The van der Waals surface area contributed by atoms with Gasteiger partial charge in [-0.3, -0.25) is 0 Å². The summed E-state index contributed by atoms with van der Waals surface area (Å²) >= 11 is 3.32. The first kappa shape index (κ1) is 11.5. The van der Waals surface area contributed by atoms with E-state index >= 15 is 0 Å². The topological polar surface area (TPSA) is 50.7 Å². The third-order valence-corrected chi connectivity index (χ3v) is 4.16. The zero-order chi connectivity index (χ0) is 11.4. The predicted octanol–water partition coefficient (Wildman–Crippen LogP) is 2.73. The molecule has 0 saturated heterocycles. The first-order valence-corrected chi connectivity index (χ1v) is 7.01. The van der Waals surface area contributed by atoms with Crippen molar-refractivity contribution in [2.24, 2.45) is 0 Å². The van der Waals surface area contributed by atoms with Gasteiger partial charge in [0.05, 0.1) is 17.2 Å². The summed E-state index contributed by atoms with van der Waals surface area (Å²) in [6.07, 6.45) is 1.94.